The van der Waals surface area contributed by atoms with Gasteiger partial charge in [-0.3, -0.25) is 14.4 Å². The molecule has 2 heterocycles. The van der Waals surface area contributed by atoms with Crippen LogP contribution in [0.2, 0.25) is 0 Å². The van der Waals surface area contributed by atoms with Crippen molar-refractivity contribution in [3.63, 3.8) is 0 Å². The second kappa shape index (κ2) is 8.90. The quantitative estimate of drug-likeness (QED) is 0.748. The molecule has 0 aromatic carbocycles. The van der Waals surface area contributed by atoms with Crippen molar-refractivity contribution in [1.29, 1.82) is 0 Å². The lowest BCUT2D eigenvalue weighted by molar-refractivity contribution is -0.133. The normalized spacial score (nSPS) is 22.0. The Morgan fingerprint density at radius 3 is 2.57 bits per heavy atom. The Bertz CT molecular complexity index is 730. The van der Waals surface area contributed by atoms with Crippen LogP contribution in [0.4, 0.5) is 0 Å². The Balaban J connectivity index is 1.87. The number of ether oxygens (including phenoxy) is 1. The molecule has 1 aliphatic carbocycles. The third-order valence-corrected chi connectivity index (χ3v) is 6.15. The van der Waals surface area contributed by atoms with E-state index in [0.29, 0.717) is 25.1 Å². The lowest BCUT2D eigenvalue weighted by Gasteiger charge is -2.41. The van der Waals surface area contributed by atoms with Gasteiger partial charge in [-0.1, -0.05) is 19.8 Å². The standard InChI is InChI=1S/C21H31N3O4/c1-3-21(2,20(27)23-16-7-4-5-8-16)24(14-17-9-6-12-28-17)19(26)15-10-11-18(25)22-13-15/h10-11,13,16-17H,3-9,12,14H2,1-2H3,(H,22,25)(H,23,27)/t17-,21-/m0/s1. The van der Waals surface area contributed by atoms with E-state index in [9.17, 15) is 14.4 Å². The first kappa shape index (κ1) is 20.6. The van der Waals surface area contributed by atoms with E-state index in [1.165, 1.54) is 18.3 Å². The molecule has 3 rings (SSSR count). The number of rotatable bonds is 7. The molecule has 0 bridgehead atoms. The van der Waals surface area contributed by atoms with E-state index in [1.54, 1.807) is 4.90 Å². The highest BCUT2D eigenvalue weighted by Gasteiger charge is 2.43. The van der Waals surface area contributed by atoms with Gasteiger partial charge in [0, 0.05) is 31.5 Å². The van der Waals surface area contributed by atoms with Crippen molar-refractivity contribution >= 4 is 11.8 Å². The zero-order valence-electron chi connectivity index (χ0n) is 16.8. The molecular weight excluding hydrogens is 358 g/mol. The van der Waals surface area contributed by atoms with E-state index in [1.807, 2.05) is 13.8 Å². The van der Waals surface area contributed by atoms with E-state index >= 15 is 0 Å². The molecule has 0 radical (unpaired) electrons. The molecule has 7 nitrogen and oxygen atoms in total. The van der Waals surface area contributed by atoms with Gasteiger partial charge in [-0.05, 0) is 45.1 Å². The van der Waals surface area contributed by atoms with Gasteiger partial charge in [-0.15, -0.1) is 0 Å². The van der Waals surface area contributed by atoms with E-state index in [-0.39, 0.29) is 29.5 Å². The van der Waals surface area contributed by atoms with Crippen molar-refractivity contribution in [1.82, 2.24) is 15.2 Å². The lowest BCUT2D eigenvalue weighted by atomic mass is 9.92. The summed E-state index contributed by atoms with van der Waals surface area (Å²) in [5, 5.41) is 3.16. The number of hydrogen-bond acceptors (Lipinski definition) is 4. The second-order valence-electron chi connectivity index (χ2n) is 8.07. The monoisotopic (exact) mass is 389 g/mol. The summed E-state index contributed by atoms with van der Waals surface area (Å²) in [6.07, 6.45) is 7.91. The Kier molecular flexibility index (Phi) is 6.54. The number of aromatic nitrogens is 1. The van der Waals surface area contributed by atoms with Gasteiger partial charge in [-0.25, -0.2) is 0 Å². The van der Waals surface area contributed by atoms with Gasteiger partial charge in [0.2, 0.25) is 11.5 Å². The summed E-state index contributed by atoms with van der Waals surface area (Å²) in [6, 6.07) is 3.03. The first-order chi connectivity index (χ1) is 13.4. The van der Waals surface area contributed by atoms with Crippen molar-refractivity contribution in [3.8, 4) is 0 Å². The molecule has 154 valence electrons. The average Bonchev–Trinajstić information content (AvgIpc) is 3.39. The number of nitrogens with zero attached hydrogens (tertiary/aromatic N) is 1. The molecular formula is C21H31N3O4. The number of nitrogens with one attached hydrogen (secondary N) is 2. The van der Waals surface area contributed by atoms with Gasteiger partial charge in [0.1, 0.15) is 5.54 Å². The summed E-state index contributed by atoms with van der Waals surface area (Å²) in [5.41, 5.74) is -0.882. The van der Waals surface area contributed by atoms with Crippen molar-refractivity contribution in [2.45, 2.75) is 76.5 Å². The number of H-pyrrole nitrogens is 1. The Morgan fingerprint density at radius 1 is 1.25 bits per heavy atom. The van der Waals surface area contributed by atoms with E-state index < -0.39 is 5.54 Å². The maximum atomic E-state index is 13.4. The van der Waals surface area contributed by atoms with Crippen LogP contribution < -0.4 is 10.9 Å². The molecule has 1 saturated carbocycles. The zero-order valence-corrected chi connectivity index (χ0v) is 16.8. The molecule has 1 saturated heterocycles. The maximum absolute atomic E-state index is 13.4. The largest absolute Gasteiger partial charge is 0.376 e. The minimum absolute atomic E-state index is 0.0723. The molecule has 2 atom stereocenters. The van der Waals surface area contributed by atoms with Gasteiger partial charge in [0.05, 0.1) is 11.7 Å². The SMILES string of the molecule is CC[C@@](C)(C(=O)NC1CCCC1)N(C[C@@H]1CCCO1)C(=O)c1ccc(=O)[nH]c1. The zero-order chi connectivity index (χ0) is 20.1. The summed E-state index contributed by atoms with van der Waals surface area (Å²) < 4.78 is 5.76. The van der Waals surface area contributed by atoms with Crippen LogP contribution in [0, 0.1) is 0 Å². The predicted octanol–water partition coefficient (Wildman–Crippen LogP) is 2.22. The van der Waals surface area contributed by atoms with Crippen molar-refractivity contribution in [3.05, 3.63) is 34.2 Å². The van der Waals surface area contributed by atoms with Crippen LogP contribution in [-0.2, 0) is 9.53 Å². The van der Waals surface area contributed by atoms with Crippen LogP contribution in [0.1, 0.15) is 69.2 Å². The van der Waals surface area contributed by atoms with E-state index in [0.717, 1.165) is 38.5 Å². The van der Waals surface area contributed by atoms with Crippen molar-refractivity contribution < 1.29 is 14.3 Å². The minimum Gasteiger partial charge on any atom is -0.376 e. The Labute approximate surface area is 165 Å². The molecule has 2 amide bonds. The molecule has 1 aromatic rings. The first-order valence-corrected chi connectivity index (χ1v) is 10.4. The molecule has 0 spiro atoms. The summed E-state index contributed by atoms with van der Waals surface area (Å²) >= 11 is 0. The average molecular weight is 389 g/mol. The number of carbonyl (C=O) groups excluding carboxylic acids is 2. The van der Waals surface area contributed by atoms with Gasteiger partial charge in [0.15, 0.2) is 0 Å². The molecule has 28 heavy (non-hydrogen) atoms. The van der Waals surface area contributed by atoms with Crippen LogP contribution in [0.5, 0.6) is 0 Å². The predicted molar refractivity (Wildman–Crippen MR) is 106 cm³/mol. The summed E-state index contributed by atoms with van der Waals surface area (Å²) in [5.74, 6) is -0.379. The van der Waals surface area contributed by atoms with Crippen LogP contribution in [-0.4, -0.2) is 52.5 Å². The summed E-state index contributed by atoms with van der Waals surface area (Å²) in [7, 11) is 0. The fourth-order valence-electron chi connectivity index (χ4n) is 4.08. The number of pyridine rings is 1. The first-order valence-electron chi connectivity index (χ1n) is 10.4. The topological polar surface area (TPSA) is 91.5 Å². The van der Waals surface area contributed by atoms with Gasteiger partial charge in [0.25, 0.3) is 5.91 Å². The third-order valence-electron chi connectivity index (χ3n) is 6.15. The second-order valence-corrected chi connectivity index (χ2v) is 8.07. The fourth-order valence-corrected chi connectivity index (χ4v) is 4.08. The van der Waals surface area contributed by atoms with Crippen LogP contribution in [0.3, 0.4) is 0 Å². The number of hydrogen-bond donors (Lipinski definition) is 2. The van der Waals surface area contributed by atoms with Crippen molar-refractivity contribution in [2.75, 3.05) is 13.2 Å². The number of carbonyl (C=O) groups is 2. The van der Waals surface area contributed by atoms with Crippen LogP contribution in [0.25, 0.3) is 0 Å². The third kappa shape index (κ3) is 4.46. The molecule has 2 fully saturated rings. The van der Waals surface area contributed by atoms with Gasteiger partial charge in [-0.2, -0.15) is 0 Å². The van der Waals surface area contributed by atoms with Crippen LogP contribution >= 0.6 is 0 Å². The van der Waals surface area contributed by atoms with Crippen molar-refractivity contribution in [2.24, 2.45) is 0 Å². The molecule has 7 heteroatoms. The van der Waals surface area contributed by atoms with E-state index in [2.05, 4.69) is 10.3 Å². The van der Waals surface area contributed by atoms with E-state index in [4.69, 9.17) is 4.74 Å². The maximum Gasteiger partial charge on any atom is 0.256 e. The highest BCUT2D eigenvalue weighted by atomic mass is 16.5. The Hall–Kier alpha value is -2.15. The number of amides is 2. The lowest BCUT2D eigenvalue weighted by Crippen LogP contribution is -2.61. The molecule has 0 unspecified atom stereocenters. The molecule has 1 aromatic heterocycles. The highest BCUT2D eigenvalue weighted by molar-refractivity contribution is 5.99. The highest BCUT2D eigenvalue weighted by Crippen LogP contribution is 2.27. The number of aromatic amines is 1. The molecule has 2 N–H and O–H groups in total. The minimum atomic E-state index is -0.984. The summed E-state index contributed by atoms with van der Waals surface area (Å²) in [6.45, 7) is 4.80. The smallest absolute Gasteiger partial charge is 0.256 e. The fraction of sp³-hybridized carbons (Fsp3) is 0.667. The molecule has 1 aliphatic heterocycles. The van der Waals surface area contributed by atoms with Gasteiger partial charge < -0.3 is 19.9 Å². The Morgan fingerprint density at radius 2 is 2.00 bits per heavy atom. The molecule has 2 aliphatic rings. The van der Waals surface area contributed by atoms with Crippen LogP contribution in [0.15, 0.2) is 23.1 Å². The van der Waals surface area contributed by atoms with Gasteiger partial charge >= 0.3 is 0 Å². The summed E-state index contributed by atoms with van der Waals surface area (Å²) in [4.78, 5) is 42.2.